The van der Waals surface area contributed by atoms with E-state index in [9.17, 15) is 0 Å². The lowest BCUT2D eigenvalue weighted by atomic mass is 10.1. The van der Waals surface area contributed by atoms with E-state index < -0.39 is 0 Å². The van der Waals surface area contributed by atoms with Gasteiger partial charge in [0.05, 0.1) is 11.9 Å². The minimum absolute atomic E-state index is 0.498. The van der Waals surface area contributed by atoms with Gasteiger partial charge in [0, 0.05) is 29.2 Å². The Hall–Kier alpha value is -1.32. The maximum absolute atomic E-state index is 5.87. The summed E-state index contributed by atoms with van der Waals surface area (Å²) in [6, 6.07) is 7.74. The zero-order chi connectivity index (χ0) is 11.5. The molecule has 0 unspecified atom stereocenters. The number of halogens is 1. The molecule has 0 aliphatic heterocycles. The van der Waals surface area contributed by atoms with Gasteiger partial charge in [-0.25, -0.2) is 0 Å². The lowest BCUT2D eigenvalue weighted by molar-refractivity contribution is 0.666. The molecule has 0 amide bonds. The summed E-state index contributed by atoms with van der Waals surface area (Å²) in [5.41, 5.74) is 8.95. The molecule has 1 heterocycles. The van der Waals surface area contributed by atoms with E-state index in [4.69, 9.17) is 17.3 Å². The number of aromatic nitrogens is 2. The van der Waals surface area contributed by atoms with Crippen molar-refractivity contribution >= 4 is 11.6 Å². The number of rotatable bonds is 3. The third-order valence-electron chi connectivity index (χ3n) is 2.55. The first kappa shape index (κ1) is 11.2. The Labute approximate surface area is 99.8 Å². The van der Waals surface area contributed by atoms with Crippen molar-refractivity contribution in [2.75, 3.05) is 0 Å². The third-order valence-corrected chi connectivity index (χ3v) is 2.80. The highest BCUT2D eigenvalue weighted by molar-refractivity contribution is 6.30. The summed E-state index contributed by atoms with van der Waals surface area (Å²) in [5.74, 6) is 0. The summed E-state index contributed by atoms with van der Waals surface area (Å²) in [6.07, 6.45) is 1.83. The topological polar surface area (TPSA) is 43.8 Å². The van der Waals surface area contributed by atoms with E-state index in [1.54, 1.807) is 0 Å². The average molecular weight is 236 g/mol. The Balaban J connectivity index is 2.52. The van der Waals surface area contributed by atoms with Crippen molar-refractivity contribution in [3.8, 4) is 11.3 Å². The Bertz CT molecular complexity index is 452. The van der Waals surface area contributed by atoms with E-state index in [-0.39, 0.29) is 0 Å². The zero-order valence-corrected chi connectivity index (χ0v) is 9.91. The van der Waals surface area contributed by atoms with E-state index in [0.717, 1.165) is 28.4 Å². The van der Waals surface area contributed by atoms with E-state index in [2.05, 4.69) is 12.0 Å². The molecule has 84 valence electrons. The summed E-state index contributed by atoms with van der Waals surface area (Å²) in [5, 5.41) is 5.04. The predicted molar refractivity (Wildman–Crippen MR) is 66.2 cm³/mol. The molecule has 0 saturated carbocycles. The van der Waals surface area contributed by atoms with E-state index in [1.807, 2.05) is 35.1 Å². The van der Waals surface area contributed by atoms with Crippen LogP contribution in [0.3, 0.4) is 0 Å². The molecule has 0 aliphatic carbocycles. The minimum atomic E-state index is 0.498. The Morgan fingerprint density at radius 1 is 1.31 bits per heavy atom. The van der Waals surface area contributed by atoms with Crippen LogP contribution >= 0.6 is 11.6 Å². The molecular formula is C12H14ClN3. The van der Waals surface area contributed by atoms with Gasteiger partial charge >= 0.3 is 0 Å². The quantitative estimate of drug-likeness (QED) is 0.889. The molecule has 0 radical (unpaired) electrons. The first-order valence-corrected chi connectivity index (χ1v) is 5.64. The van der Waals surface area contributed by atoms with Gasteiger partial charge in [0.1, 0.15) is 0 Å². The van der Waals surface area contributed by atoms with Gasteiger partial charge in [0.15, 0.2) is 0 Å². The van der Waals surface area contributed by atoms with Gasteiger partial charge in [0.2, 0.25) is 0 Å². The number of aryl methyl sites for hydroxylation is 1. The fraction of sp³-hybridized carbons (Fsp3) is 0.250. The first-order valence-electron chi connectivity index (χ1n) is 5.27. The van der Waals surface area contributed by atoms with E-state index in [1.165, 1.54) is 0 Å². The van der Waals surface area contributed by atoms with Crippen molar-refractivity contribution in [2.24, 2.45) is 5.73 Å². The van der Waals surface area contributed by atoms with Crippen molar-refractivity contribution in [3.63, 3.8) is 0 Å². The number of hydrogen-bond acceptors (Lipinski definition) is 2. The highest BCUT2D eigenvalue weighted by Crippen LogP contribution is 2.24. The van der Waals surface area contributed by atoms with Crippen LogP contribution in [0.1, 0.15) is 12.5 Å². The molecule has 1 aromatic heterocycles. The van der Waals surface area contributed by atoms with Crippen LogP contribution in [0.2, 0.25) is 5.02 Å². The van der Waals surface area contributed by atoms with Crippen LogP contribution < -0.4 is 5.73 Å². The molecule has 0 saturated heterocycles. The van der Waals surface area contributed by atoms with Gasteiger partial charge in [-0.1, -0.05) is 23.7 Å². The number of benzene rings is 1. The van der Waals surface area contributed by atoms with Crippen LogP contribution in [0.25, 0.3) is 11.3 Å². The Morgan fingerprint density at radius 2 is 2.00 bits per heavy atom. The summed E-state index contributed by atoms with van der Waals surface area (Å²) in [7, 11) is 0. The molecule has 4 heteroatoms. The lowest BCUT2D eigenvalue weighted by Crippen LogP contribution is -2.02. The van der Waals surface area contributed by atoms with Crippen molar-refractivity contribution in [3.05, 3.63) is 41.0 Å². The van der Waals surface area contributed by atoms with Crippen molar-refractivity contribution < 1.29 is 0 Å². The van der Waals surface area contributed by atoms with Gasteiger partial charge in [0.25, 0.3) is 0 Å². The molecule has 2 aromatic rings. The van der Waals surface area contributed by atoms with Crippen LogP contribution in [0, 0.1) is 0 Å². The second kappa shape index (κ2) is 4.68. The normalized spacial score (nSPS) is 10.7. The van der Waals surface area contributed by atoms with Crippen LogP contribution in [0.4, 0.5) is 0 Å². The zero-order valence-electron chi connectivity index (χ0n) is 9.15. The lowest BCUT2D eigenvalue weighted by Gasteiger charge is -2.07. The number of nitrogens with two attached hydrogens (primary N) is 1. The summed E-state index contributed by atoms with van der Waals surface area (Å²) >= 11 is 5.87. The summed E-state index contributed by atoms with van der Waals surface area (Å²) < 4.78 is 1.95. The molecule has 0 spiro atoms. The van der Waals surface area contributed by atoms with Crippen LogP contribution in [-0.4, -0.2) is 9.78 Å². The number of hydrogen-bond donors (Lipinski definition) is 1. The molecular weight excluding hydrogens is 222 g/mol. The van der Waals surface area contributed by atoms with Crippen LogP contribution in [0.5, 0.6) is 0 Å². The van der Waals surface area contributed by atoms with Crippen LogP contribution in [0.15, 0.2) is 30.5 Å². The maximum Gasteiger partial charge on any atom is 0.0727 e. The molecule has 0 bridgehead atoms. The molecule has 0 atom stereocenters. The standard InChI is InChI=1S/C12H14ClN3/c1-2-16-12(10(7-14)8-15-16)9-3-5-11(13)6-4-9/h3-6,8H,2,7,14H2,1H3. The van der Waals surface area contributed by atoms with E-state index >= 15 is 0 Å². The minimum Gasteiger partial charge on any atom is -0.326 e. The first-order chi connectivity index (χ1) is 7.76. The van der Waals surface area contributed by atoms with Crippen LogP contribution in [-0.2, 0) is 13.1 Å². The molecule has 16 heavy (non-hydrogen) atoms. The Kier molecular flexibility index (Phi) is 3.27. The molecule has 3 nitrogen and oxygen atoms in total. The highest BCUT2D eigenvalue weighted by atomic mass is 35.5. The van der Waals surface area contributed by atoms with Gasteiger partial charge in [-0.15, -0.1) is 0 Å². The van der Waals surface area contributed by atoms with E-state index in [0.29, 0.717) is 6.54 Å². The van der Waals surface area contributed by atoms with Crippen molar-refractivity contribution in [1.29, 1.82) is 0 Å². The number of nitrogens with zero attached hydrogens (tertiary/aromatic N) is 2. The van der Waals surface area contributed by atoms with Gasteiger partial charge in [-0.05, 0) is 19.1 Å². The second-order valence-corrected chi connectivity index (χ2v) is 3.98. The molecule has 0 aliphatic rings. The van der Waals surface area contributed by atoms with Gasteiger partial charge in [-0.3, -0.25) is 4.68 Å². The fourth-order valence-electron chi connectivity index (χ4n) is 1.76. The maximum atomic E-state index is 5.87. The molecule has 0 fully saturated rings. The average Bonchev–Trinajstić information content (AvgIpc) is 2.73. The third kappa shape index (κ3) is 1.96. The monoisotopic (exact) mass is 235 g/mol. The summed E-state index contributed by atoms with van der Waals surface area (Å²) in [4.78, 5) is 0. The molecule has 1 aromatic carbocycles. The predicted octanol–water partition coefficient (Wildman–Crippen LogP) is 2.68. The van der Waals surface area contributed by atoms with Crippen molar-refractivity contribution in [1.82, 2.24) is 9.78 Å². The SMILES string of the molecule is CCn1ncc(CN)c1-c1ccc(Cl)cc1. The largest absolute Gasteiger partial charge is 0.326 e. The Morgan fingerprint density at radius 3 is 2.56 bits per heavy atom. The smallest absolute Gasteiger partial charge is 0.0727 e. The molecule has 2 rings (SSSR count). The molecule has 2 N–H and O–H groups in total. The van der Waals surface area contributed by atoms with Gasteiger partial charge < -0.3 is 5.73 Å². The fourth-order valence-corrected chi connectivity index (χ4v) is 1.88. The summed E-state index contributed by atoms with van der Waals surface area (Å²) in [6.45, 7) is 3.39. The highest BCUT2D eigenvalue weighted by Gasteiger charge is 2.10. The van der Waals surface area contributed by atoms with Crippen molar-refractivity contribution in [2.45, 2.75) is 20.0 Å². The van der Waals surface area contributed by atoms with Gasteiger partial charge in [-0.2, -0.15) is 5.10 Å². The second-order valence-electron chi connectivity index (χ2n) is 3.55.